The van der Waals surface area contributed by atoms with Gasteiger partial charge >= 0.3 is 151 Å². The van der Waals surface area contributed by atoms with E-state index in [4.69, 9.17) is 17.3 Å². The molecule has 0 aromatic carbocycles. The molecule has 2 heterocycles. The Bertz CT molecular complexity index is 412. The molecule has 11 nitrogen and oxygen atoms in total. The molecule has 0 bridgehead atoms. The Labute approximate surface area is 151 Å². The average Bonchev–Trinajstić information content (AvgIpc) is 2.80. The molecule has 0 aromatic rings. The second-order valence-electron chi connectivity index (χ2n) is 5.71. The first-order valence-electron chi connectivity index (χ1n) is 7.26. The second-order valence-corrected chi connectivity index (χ2v) is 6.66. The molecule has 7 N–H and O–H groups in total. The van der Waals surface area contributed by atoms with E-state index in [1.54, 1.807) is 0 Å². The van der Waals surface area contributed by atoms with Crippen molar-refractivity contribution in [3.05, 3.63) is 0 Å². The zero-order valence-electron chi connectivity index (χ0n) is 12.6. The van der Waals surface area contributed by atoms with E-state index < -0.39 is 68.0 Å². The van der Waals surface area contributed by atoms with E-state index in [9.17, 15) is 35.7 Å². The summed E-state index contributed by atoms with van der Waals surface area (Å²) in [5.41, 5.74) is 0. The molecule has 2 fully saturated rings. The Morgan fingerprint density at radius 3 is 2.00 bits per heavy atom. The van der Waals surface area contributed by atoms with Gasteiger partial charge in [0.25, 0.3) is 0 Å². The molecule has 0 spiro atoms. The van der Waals surface area contributed by atoms with Crippen molar-refractivity contribution >= 4 is 22.9 Å². The molecule has 2 radical (unpaired) electrons. The first kappa shape index (κ1) is 20.7. The van der Waals surface area contributed by atoms with Gasteiger partial charge < -0.3 is 0 Å². The van der Waals surface area contributed by atoms with Crippen LogP contribution in [0.4, 0.5) is 0 Å². The Hall–Kier alpha value is 0.359. The Morgan fingerprint density at radius 2 is 1.50 bits per heavy atom. The normalized spacial score (nSPS) is 49.5. The van der Waals surface area contributed by atoms with Crippen LogP contribution in [0.25, 0.3) is 0 Å². The fourth-order valence-electron chi connectivity index (χ4n) is 2.73. The molecule has 140 valence electrons. The summed E-state index contributed by atoms with van der Waals surface area (Å²) in [6, 6.07) is 0. The van der Waals surface area contributed by atoms with Crippen LogP contribution in [0, 0.1) is 0 Å². The van der Waals surface area contributed by atoms with Gasteiger partial charge in [0, 0.05) is 0 Å². The molecular weight excluding hydrogens is 439 g/mol. The van der Waals surface area contributed by atoms with Gasteiger partial charge in [0.05, 0.1) is 0 Å². The zero-order valence-corrected chi connectivity index (χ0v) is 15.9. The van der Waals surface area contributed by atoms with Gasteiger partial charge in [0.15, 0.2) is 0 Å². The number of aliphatic hydroxyl groups excluding tert-OH is 7. The Kier molecular flexibility index (Phi) is 7.21. The van der Waals surface area contributed by atoms with Gasteiger partial charge in [-0.1, -0.05) is 0 Å². The Balaban J connectivity index is 2.21. The van der Waals surface area contributed by atoms with Crippen molar-refractivity contribution in [2.24, 2.45) is 0 Å². The van der Waals surface area contributed by atoms with E-state index in [0.29, 0.717) is 22.9 Å². The van der Waals surface area contributed by atoms with E-state index in [0.717, 1.165) is 0 Å². The van der Waals surface area contributed by atoms with Crippen LogP contribution in [-0.4, -0.2) is 133 Å². The van der Waals surface area contributed by atoms with Gasteiger partial charge in [-0.2, -0.15) is 0 Å². The van der Waals surface area contributed by atoms with Gasteiger partial charge in [-0.15, -0.1) is 0 Å². The van der Waals surface area contributed by atoms with E-state index in [-0.39, 0.29) is 6.61 Å². The summed E-state index contributed by atoms with van der Waals surface area (Å²) >= 11 is 0.306. The number of hydrogen-bond acceptors (Lipinski definition) is 11. The third-order valence-corrected chi connectivity index (χ3v) is 4.61. The molecule has 2 aliphatic rings. The van der Waals surface area contributed by atoms with Crippen LogP contribution in [0.15, 0.2) is 0 Å². The van der Waals surface area contributed by atoms with Gasteiger partial charge in [0.2, 0.25) is 0 Å². The molecule has 2 aliphatic heterocycles. The maximum atomic E-state index is 10.2. The zero-order chi connectivity index (χ0) is 18.1. The quantitative estimate of drug-likeness (QED) is 0.188. The molecule has 2 rings (SSSR count). The Morgan fingerprint density at radius 1 is 0.875 bits per heavy atom. The summed E-state index contributed by atoms with van der Waals surface area (Å²) in [7, 11) is 0. The van der Waals surface area contributed by atoms with Gasteiger partial charge in [0.1, 0.15) is 0 Å². The molecule has 24 heavy (non-hydrogen) atoms. The van der Waals surface area contributed by atoms with Crippen molar-refractivity contribution < 1.29 is 53.0 Å². The number of hydrogen-bond donors (Lipinski definition) is 7. The summed E-state index contributed by atoms with van der Waals surface area (Å²) in [5.74, 6) is -1.96. The molecular formula is C12H22O11Sn. The van der Waals surface area contributed by atoms with Crippen LogP contribution in [0.3, 0.4) is 0 Å². The van der Waals surface area contributed by atoms with Crippen molar-refractivity contribution in [3.63, 3.8) is 0 Å². The predicted molar refractivity (Wildman–Crippen MR) is 74.7 cm³/mol. The molecule has 0 unspecified atom stereocenters. The maximum absolute atomic E-state index is 10.2. The van der Waals surface area contributed by atoms with Crippen LogP contribution in [0.2, 0.25) is 0 Å². The van der Waals surface area contributed by atoms with Gasteiger partial charge in [-0.25, -0.2) is 0 Å². The monoisotopic (exact) mass is 462 g/mol. The summed E-state index contributed by atoms with van der Waals surface area (Å²) in [6.45, 7) is -1.59. The molecule has 2 saturated heterocycles. The van der Waals surface area contributed by atoms with Crippen molar-refractivity contribution in [1.29, 1.82) is 0 Å². The minimum absolute atomic E-state index is 0.306. The summed E-state index contributed by atoms with van der Waals surface area (Å²) in [4.78, 5) is 0. The van der Waals surface area contributed by atoms with E-state index >= 15 is 0 Å². The molecule has 0 amide bonds. The number of ether oxygens (including phenoxy) is 3. The minimum atomic E-state index is -1.96. The average molecular weight is 461 g/mol. The fourth-order valence-corrected chi connectivity index (χ4v) is 3.40. The molecule has 0 aromatic heterocycles. The predicted octanol–water partition coefficient (Wildman–Crippen LogP) is -5.56. The van der Waals surface area contributed by atoms with Crippen LogP contribution in [0.1, 0.15) is 0 Å². The van der Waals surface area contributed by atoms with E-state index in [2.05, 4.69) is 0 Å². The standard InChI is InChI=1S/C12H21O11.Sn.H/c13-1-4-6(16)8(18)9(19)11(21-4)23-12(3-15)10(20)7(17)5(2-14)22-12;;/h4-11,13-14,16-20H,1-3H2;;/q-1;+1;/t4-,5-,6-,7-,8+,9-,10+,11-,12+;;/m1../s1. The SMILES string of the molecule is OC[C@H]1O[C@@](C[O][SnH])(O[C@H]2O[C@H](CO)[C@@H](O)[C@H](O)[C@H]2O)[C@@H](O)[C@@H]1O. The first-order valence-corrected chi connectivity index (χ1v) is 8.60. The molecule has 0 aliphatic carbocycles. The number of aliphatic hydroxyl groups is 7. The summed E-state index contributed by atoms with van der Waals surface area (Å²) in [6.07, 6.45) is -12.0. The first-order chi connectivity index (χ1) is 11.3. The number of rotatable bonds is 6. The topological polar surface area (TPSA) is 179 Å². The summed E-state index contributed by atoms with van der Waals surface area (Å²) < 4.78 is 21.1. The summed E-state index contributed by atoms with van der Waals surface area (Å²) in [5, 5.41) is 68.1. The van der Waals surface area contributed by atoms with Crippen molar-refractivity contribution in [2.45, 2.75) is 54.8 Å². The fraction of sp³-hybridized carbons (Fsp3) is 1.00. The third-order valence-electron chi connectivity index (χ3n) is 4.13. The van der Waals surface area contributed by atoms with Crippen molar-refractivity contribution in [3.8, 4) is 0 Å². The van der Waals surface area contributed by atoms with E-state index in [1.807, 2.05) is 0 Å². The molecule has 12 heteroatoms. The van der Waals surface area contributed by atoms with Crippen LogP contribution >= 0.6 is 0 Å². The van der Waals surface area contributed by atoms with Crippen molar-refractivity contribution in [1.82, 2.24) is 0 Å². The third kappa shape index (κ3) is 3.72. The van der Waals surface area contributed by atoms with Gasteiger partial charge in [-0.05, 0) is 0 Å². The van der Waals surface area contributed by atoms with E-state index in [1.165, 1.54) is 0 Å². The molecule has 0 saturated carbocycles. The van der Waals surface area contributed by atoms with Crippen molar-refractivity contribution in [2.75, 3.05) is 19.8 Å². The van der Waals surface area contributed by atoms with Crippen LogP contribution in [-0.2, 0) is 17.3 Å². The van der Waals surface area contributed by atoms with Gasteiger partial charge in [-0.3, -0.25) is 0 Å². The van der Waals surface area contributed by atoms with Crippen LogP contribution < -0.4 is 0 Å². The van der Waals surface area contributed by atoms with Crippen LogP contribution in [0.5, 0.6) is 0 Å². The second kappa shape index (κ2) is 8.37. The molecule has 9 atom stereocenters.